The standard InChI is InChI=1S/C14H28N2/c1-12(2)11-16-9-4-3-8-14(16)10-15-13-6-5-7-13/h12-15H,3-11H2,1-2H3. The lowest BCUT2D eigenvalue weighted by atomic mass is 9.92. The van der Waals surface area contributed by atoms with Gasteiger partial charge in [-0.15, -0.1) is 0 Å². The van der Waals surface area contributed by atoms with E-state index in [-0.39, 0.29) is 0 Å². The molecule has 0 bridgehead atoms. The van der Waals surface area contributed by atoms with Crippen molar-refractivity contribution in [2.24, 2.45) is 5.92 Å². The van der Waals surface area contributed by atoms with Crippen LogP contribution in [0.2, 0.25) is 0 Å². The normalized spacial score (nSPS) is 28.3. The maximum Gasteiger partial charge on any atom is 0.0220 e. The monoisotopic (exact) mass is 224 g/mol. The number of hydrogen-bond donors (Lipinski definition) is 1. The molecule has 1 saturated heterocycles. The topological polar surface area (TPSA) is 15.3 Å². The summed E-state index contributed by atoms with van der Waals surface area (Å²) in [5.41, 5.74) is 0. The highest BCUT2D eigenvalue weighted by molar-refractivity contribution is 4.83. The predicted molar refractivity (Wildman–Crippen MR) is 69.7 cm³/mol. The quantitative estimate of drug-likeness (QED) is 0.772. The van der Waals surface area contributed by atoms with Crippen molar-refractivity contribution in [2.75, 3.05) is 19.6 Å². The van der Waals surface area contributed by atoms with Crippen molar-refractivity contribution in [1.29, 1.82) is 0 Å². The van der Waals surface area contributed by atoms with E-state index in [1.807, 2.05) is 0 Å². The maximum absolute atomic E-state index is 3.75. The molecule has 2 fully saturated rings. The lowest BCUT2D eigenvalue weighted by molar-refractivity contribution is 0.123. The fourth-order valence-corrected chi connectivity index (χ4v) is 2.92. The molecule has 0 radical (unpaired) electrons. The van der Waals surface area contributed by atoms with Crippen LogP contribution in [0.25, 0.3) is 0 Å². The minimum atomic E-state index is 0.810. The van der Waals surface area contributed by atoms with Gasteiger partial charge in [-0.2, -0.15) is 0 Å². The van der Waals surface area contributed by atoms with Gasteiger partial charge in [-0.05, 0) is 38.1 Å². The Morgan fingerprint density at radius 3 is 2.56 bits per heavy atom. The maximum atomic E-state index is 3.75. The van der Waals surface area contributed by atoms with Crippen molar-refractivity contribution in [1.82, 2.24) is 10.2 Å². The van der Waals surface area contributed by atoms with Gasteiger partial charge in [-0.3, -0.25) is 4.90 Å². The Bertz CT molecular complexity index is 199. The minimum absolute atomic E-state index is 0.810. The fraction of sp³-hybridized carbons (Fsp3) is 1.00. The van der Waals surface area contributed by atoms with Crippen LogP contribution in [0, 0.1) is 5.92 Å². The Balaban J connectivity index is 1.74. The summed E-state index contributed by atoms with van der Waals surface area (Å²) in [5, 5.41) is 3.75. The first-order valence-corrected chi connectivity index (χ1v) is 7.23. The molecule has 0 aromatic heterocycles. The molecular formula is C14H28N2. The van der Waals surface area contributed by atoms with Crippen LogP contribution in [0.1, 0.15) is 52.4 Å². The second-order valence-corrected chi connectivity index (χ2v) is 6.07. The zero-order valence-electron chi connectivity index (χ0n) is 11.0. The number of hydrogen-bond acceptors (Lipinski definition) is 2. The third kappa shape index (κ3) is 3.46. The predicted octanol–water partition coefficient (Wildman–Crippen LogP) is 2.64. The summed E-state index contributed by atoms with van der Waals surface area (Å²) in [6.07, 6.45) is 8.52. The van der Waals surface area contributed by atoms with Crippen LogP contribution >= 0.6 is 0 Å². The lowest BCUT2D eigenvalue weighted by Crippen LogP contribution is -2.49. The van der Waals surface area contributed by atoms with Gasteiger partial charge in [0, 0.05) is 25.2 Å². The molecule has 2 nitrogen and oxygen atoms in total. The molecule has 2 rings (SSSR count). The summed E-state index contributed by atoms with van der Waals surface area (Å²) in [7, 11) is 0. The van der Waals surface area contributed by atoms with Gasteiger partial charge in [-0.1, -0.05) is 26.7 Å². The van der Waals surface area contributed by atoms with Gasteiger partial charge in [-0.25, -0.2) is 0 Å². The van der Waals surface area contributed by atoms with E-state index < -0.39 is 0 Å². The van der Waals surface area contributed by atoms with E-state index >= 15 is 0 Å². The minimum Gasteiger partial charge on any atom is -0.312 e. The van der Waals surface area contributed by atoms with Gasteiger partial charge in [0.25, 0.3) is 0 Å². The molecule has 2 heteroatoms. The number of nitrogens with zero attached hydrogens (tertiary/aromatic N) is 1. The van der Waals surface area contributed by atoms with Crippen molar-refractivity contribution >= 4 is 0 Å². The van der Waals surface area contributed by atoms with E-state index in [2.05, 4.69) is 24.1 Å². The van der Waals surface area contributed by atoms with Crippen LogP contribution in [0.4, 0.5) is 0 Å². The van der Waals surface area contributed by atoms with E-state index in [0.29, 0.717) is 0 Å². The first-order chi connectivity index (χ1) is 7.75. The highest BCUT2D eigenvalue weighted by Crippen LogP contribution is 2.21. The van der Waals surface area contributed by atoms with E-state index in [1.54, 1.807) is 0 Å². The number of likely N-dealkylation sites (tertiary alicyclic amines) is 1. The molecule has 1 saturated carbocycles. The lowest BCUT2D eigenvalue weighted by Gasteiger charge is -2.38. The third-order valence-corrected chi connectivity index (χ3v) is 4.10. The van der Waals surface area contributed by atoms with Gasteiger partial charge >= 0.3 is 0 Å². The van der Waals surface area contributed by atoms with E-state index in [1.165, 1.54) is 58.2 Å². The Hall–Kier alpha value is -0.0800. The van der Waals surface area contributed by atoms with Crippen molar-refractivity contribution in [2.45, 2.75) is 64.5 Å². The van der Waals surface area contributed by atoms with Crippen LogP contribution in [0.5, 0.6) is 0 Å². The van der Waals surface area contributed by atoms with Gasteiger partial charge in [0.15, 0.2) is 0 Å². The highest BCUT2D eigenvalue weighted by atomic mass is 15.2. The Morgan fingerprint density at radius 2 is 1.94 bits per heavy atom. The van der Waals surface area contributed by atoms with Gasteiger partial charge in [0.1, 0.15) is 0 Å². The first kappa shape index (κ1) is 12.4. The summed E-state index contributed by atoms with van der Waals surface area (Å²) in [6, 6.07) is 1.67. The van der Waals surface area contributed by atoms with Crippen LogP contribution in [0.3, 0.4) is 0 Å². The second-order valence-electron chi connectivity index (χ2n) is 6.07. The number of nitrogens with one attached hydrogen (secondary N) is 1. The van der Waals surface area contributed by atoms with Crippen molar-refractivity contribution in [3.05, 3.63) is 0 Å². The highest BCUT2D eigenvalue weighted by Gasteiger charge is 2.24. The molecule has 0 spiro atoms. The molecule has 2 aliphatic rings. The summed E-state index contributed by atoms with van der Waals surface area (Å²) < 4.78 is 0. The average molecular weight is 224 g/mol. The largest absolute Gasteiger partial charge is 0.312 e. The molecule has 0 aromatic rings. The van der Waals surface area contributed by atoms with E-state index in [9.17, 15) is 0 Å². The Labute approximate surface area is 101 Å². The van der Waals surface area contributed by atoms with Crippen LogP contribution < -0.4 is 5.32 Å². The van der Waals surface area contributed by atoms with Crippen molar-refractivity contribution in [3.8, 4) is 0 Å². The molecule has 1 unspecified atom stereocenters. The fourth-order valence-electron chi connectivity index (χ4n) is 2.92. The molecule has 1 atom stereocenters. The average Bonchev–Trinajstić information content (AvgIpc) is 2.17. The summed E-state index contributed by atoms with van der Waals surface area (Å²) in [5.74, 6) is 0.810. The molecule has 0 aromatic carbocycles. The molecule has 16 heavy (non-hydrogen) atoms. The van der Waals surface area contributed by atoms with Crippen molar-refractivity contribution in [3.63, 3.8) is 0 Å². The Morgan fingerprint density at radius 1 is 1.12 bits per heavy atom. The van der Waals surface area contributed by atoms with E-state index in [4.69, 9.17) is 0 Å². The third-order valence-electron chi connectivity index (χ3n) is 4.10. The van der Waals surface area contributed by atoms with Crippen molar-refractivity contribution < 1.29 is 0 Å². The van der Waals surface area contributed by atoms with Gasteiger partial charge in [0.05, 0.1) is 0 Å². The molecule has 1 aliphatic heterocycles. The smallest absolute Gasteiger partial charge is 0.0220 e. The summed E-state index contributed by atoms with van der Waals surface area (Å²) in [6.45, 7) is 8.53. The first-order valence-electron chi connectivity index (χ1n) is 7.23. The molecular weight excluding hydrogens is 196 g/mol. The number of rotatable bonds is 5. The number of piperidine rings is 1. The van der Waals surface area contributed by atoms with Gasteiger partial charge in [0.2, 0.25) is 0 Å². The summed E-state index contributed by atoms with van der Waals surface area (Å²) >= 11 is 0. The zero-order chi connectivity index (χ0) is 11.4. The van der Waals surface area contributed by atoms with Crippen LogP contribution in [-0.4, -0.2) is 36.6 Å². The Kier molecular flexibility index (Phi) is 4.66. The zero-order valence-corrected chi connectivity index (χ0v) is 11.0. The summed E-state index contributed by atoms with van der Waals surface area (Å²) in [4.78, 5) is 2.72. The second kappa shape index (κ2) is 6.02. The van der Waals surface area contributed by atoms with Crippen LogP contribution in [-0.2, 0) is 0 Å². The molecule has 94 valence electrons. The molecule has 1 heterocycles. The van der Waals surface area contributed by atoms with Crippen LogP contribution in [0.15, 0.2) is 0 Å². The van der Waals surface area contributed by atoms with Gasteiger partial charge < -0.3 is 5.32 Å². The molecule has 0 amide bonds. The molecule has 1 N–H and O–H groups in total. The molecule has 1 aliphatic carbocycles. The van der Waals surface area contributed by atoms with E-state index in [0.717, 1.165) is 18.0 Å². The SMILES string of the molecule is CC(C)CN1CCCCC1CNC1CCC1.